The van der Waals surface area contributed by atoms with Gasteiger partial charge in [0.05, 0.1) is 12.0 Å². The van der Waals surface area contributed by atoms with Crippen LogP contribution in [0.3, 0.4) is 0 Å². The topological polar surface area (TPSA) is 99.8 Å². The lowest BCUT2D eigenvalue weighted by Crippen LogP contribution is -2.38. The number of anilines is 1. The number of carbonyl (C=O) groups is 1. The Hall–Kier alpha value is -2.78. The van der Waals surface area contributed by atoms with Crippen LogP contribution in [0.25, 0.3) is 0 Å². The highest BCUT2D eigenvalue weighted by atomic mass is 32.2. The van der Waals surface area contributed by atoms with Crippen LogP contribution in [0.2, 0.25) is 0 Å². The lowest BCUT2D eigenvalue weighted by molar-refractivity contribution is 0.239. The molecule has 1 unspecified atom stereocenters. The molecule has 162 valence electrons. The van der Waals surface area contributed by atoms with Gasteiger partial charge in [-0.2, -0.15) is 0 Å². The molecule has 1 atom stereocenters. The van der Waals surface area contributed by atoms with E-state index in [1.807, 2.05) is 18.2 Å². The molecule has 0 aliphatic carbocycles. The zero-order valence-electron chi connectivity index (χ0n) is 17.2. The smallest absolute Gasteiger partial charge is 0.315 e. The number of amides is 2. The van der Waals surface area contributed by atoms with Gasteiger partial charge in [-0.25, -0.2) is 17.9 Å². The van der Waals surface area contributed by atoms with Gasteiger partial charge >= 0.3 is 6.03 Å². The fraction of sp³-hybridized carbons (Fsp3) is 0.381. The SMILES string of the molecule is CNS(=O)(=O)c1cccc(CNC(=O)NCC2CCN(c3cccc(OC)c3)C2)c1. The largest absolute Gasteiger partial charge is 0.497 e. The van der Waals surface area contributed by atoms with Gasteiger partial charge < -0.3 is 20.3 Å². The molecule has 0 bridgehead atoms. The Labute approximate surface area is 177 Å². The van der Waals surface area contributed by atoms with Crippen molar-refractivity contribution in [3.63, 3.8) is 0 Å². The zero-order valence-corrected chi connectivity index (χ0v) is 18.0. The van der Waals surface area contributed by atoms with E-state index in [1.165, 1.54) is 13.1 Å². The maximum Gasteiger partial charge on any atom is 0.315 e. The van der Waals surface area contributed by atoms with Crippen LogP contribution in [0, 0.1) is 5.92 Å². The normalized spacial score (nSPS) is 16.3. The van der Waals surface area contributed by atoms with Gasteiger partial charge in [0.25, 0.3) is 0 Å². The van der Waals surface area contributed by atoms with E-state index >= 15 is 0 Å². The van der Waals surface area contributed by atoms with Crippen molar-refractivity contribution >= 4 is 21.7 Å². The monoisotopic (exact) mass is 432 g/mol. The van der Waals surface area contributed by atoms with Crippen molar-refractivity contribution in [2.24, 2.45) is 5.92 Å². The second-order valence-electron chi connectivity index (χ2n) is 7.22. The summed E-state index contributed by atoms with van der Waals surface area (Å²) in [5.74, 6) is 1.20. The third kappa shape index (κ3) is 5.64. The number of hydrogen-bond acceptors (Lipinski definition) is 5. The average molecular weight is 433 g/mol. The van der Waals surface area contributed by atoms with Gasteiger partial charge in [-0.1, -0.05) is 18.2 Å². The van der Waals surface area contributed by atoms with Gasteiger partial charge in [-0.15, -0.1) is 0 Å². The number of benzene rings is 2. The molecule has 0 saturated carbocycles. The Morgan fingerprint density at radius 2 is 1.97 bits per heavy atom. The van der Waals surface area contributed by atoms with Crippen LogP contribution in [0.5, 0.6) is 5.75 Å². The molecule has 9 heteroatoms. The maximum absolute atomic E-state index is 12.2. The van der Waals surface area contributed by atoms with Crippen molar-refractivity contribution in [3.8, 4) is 5.75 Å². The van der Waals surface area contributed by atoms with Crippen LogP contribution in [-0.2, 0) is 16.6 Å². The number of nitrogens with zero attached hydrogens (tertiary/aromatic N) is 1. The Morgan fingerprint density at radius 3 is 2.73 bits per heavy atom. The van der Waals surface area contributed by atoms with Crippen LogP contribution in [0.4, 0.5) is 10.5 Å². The van der Waals surface area contributed by atoms with E-state index in [-0.39, 0.29) is 17.5 Å². The molecule has 1 fully saturated rings. The van der Waals surface area contributed by atoms with Crippen molar-refractivity contribution in [2.45, 2.75) is 17.9 Å². The number of methoxy groups -OCH3 is 1. The highest BCUT2D eigenvalue weighted by Crippen LogP contribution is 2.26. The third-order valence-corrected chi connectivity index (χ3v) is 6.60. The number of urea groups is 1. The van der Waals surface area contributed by atoms with Crippen molar-refractivity contribution in [1.82, 2.24) is 15.4 Å². The highest BCUT2D eigenvalue weighted by Gasteiger charge is 2.23. The van der Waals surface area contributed by atoms with Gasteiger partial charge in [0.1, 0.15) is 5.75 Å². The summed E-state index contributed by atoms with van der Waals surface area (Å²) in [7, 11) is -0.480. The fourth-order valence-electron chi connectivity index (χ4n) is 3.46. The van der Waals surface area contributed by atoms with E-state index in [1.54, 1.807) is 25.3 Å². The highest BCUT2D eigenvalue weighted by molar-refractivity contribution is 7.89. The number of nitrogens with one attached hydrogen (secondary N) is 3. The number of ether oxygens (including phenoxy) is 1. The molecule has 0 radical (unpaired) electrons. The molecule has 0 spiro atoms. The molecule has 2 amide bonds. The van der Waals surface area contributed by atoms with Crippen molar-refractivity contribution < 1.29 is 17.9 Å². The van der Waals surface area contributed by atoms with E-state index < -0.39 is 10.0 Å². The van der Waals surface area contributed by atoms with Gasteiger partial charge in [-0.3, -0.25) is 0 Å². The summed E-state index contributed by atoms with van der Waals surface area (Å²) in [5.41, 5.74) is 1.84. The lowest BCUT2D eigenvalue weighted by Gasteiger charge is -2.19. The first-order chi connectivity index (χ1) is 14.4. The third-order valence-electron chi connectivity index (χ3n) is 5.19. The fourth-order valence-corrected chi connectivity index (χ4v) is 4.26. The van der Waals surface area contributed by atoms with E-state index in [0.29, 0.717) is 18.0 Å². The summed E-state index contributed by atoms with van der Waals surface area (Å²) in [6, 6.07) is 14.2. The Morgan fingerprint density at radius 1 is 1.17 bits per heavy atom. The zero-order chi connectivity index (χ0) is 21.6. The van der Waals surface area contributed by atoms with E-state index in [4.69, 9.17) is 4.74 Å². The molecule has 2 aromatic carbocycles. The Balaban J connectivity index is 1.45. The Bertz CT molecular complexity index is 980. The molecule has 3 N–H and O–H groups in total. The minimum Gasteiger partial charge on any atom is -0.497 e. The van der Waals surface area contributed by atoms with Crippen molar-refractivity contribution in [3.05, 3.63) is 54.1 Å². The molecule has 8 nitrogen and oxygen atoms in total. The predicted octanol–water partition coefficient (Wildman–Crippen LogP) is 1.93. The number of sulfonamides is 1. The van der Waals surface area contributed by atoms with Gasteiger partial charge in [0.15, 0.2) is 0 Å². The van der Waals surface area contributed by atoms with Crippen LogP contribution in [0.1, 0.15) is 12.0 Å². The molecule has 3 rings (SSSR count). The molecule has 2 aromatic rings. The first-order valence-electron chi connectivity index (χ1n) is 9.84. The van der Waals surface area contributed by atoms with E-state index in [0.717, 1.165) is 30.9 Å². The first-order valence-corrected chi connectivity index (χ1v) is 11.3. The van der Waals surface area contributed by atoms with Gasteiger partial charge in [0.2, 0.25) is 10.0 Å². The minimum atomic E-state index is -3.50. The second-order valence-corrected chi connectivity index (χ2v) is 9.11. The van der Waals surface area contributed by atoms with Crippen molar-refractivity contribution in [2.75, 3.05) is 38.7 Å². The lowest BCUT2D eigenvalue weighted by atomic mass is 10.1. The quantitative estimate of drug-likeness (QED) is 0.592. The van der Waals surface area contributed by atoms with Crippen LogP contribution >= 0.6 is 0 Å². The van der Waals surface area contributed by atoms with E-state index in [9.17, 15) is 13.2 Å². The summed E-state index contributed by atoms with van der Waals surface area (Å²) in [4.78, 5) is 14.6. The van der Waals surface area contributed by atoms with Crippen LogP contribution < -0.4 is 25.0 Å². The van der Waals surface area contributed by atoms with Crippen LogP contribution in [-0.4, -0.2) is 48.2 Å². The molecule has 1 aliphatic rings. The second kappa shape index (κ2) is 9.82. The first kappa shape index (κ1) is 21.9. The maximum atomic E-state index is 12.2. The van der Waals surface area contributed by atoms with Gasteiger partial charge in [-0.05, 0) is 49.2 Å². The summed E-state index contributed by atoms with van der Waals surface area (Å²) < 4.78 is 31.3. The average Bonchev–Trinajstić information content (AvgIpc) is 3.25. The van der Waals surface area contributed by atoms with Gasteiger partial charge in [0, 0.05) is 37.9 Å². The standard InChI is InChI=1S/C21H28N4O4S/c1-22-30(27,28)20-8-3-5-16(11-20)13-23-21(26)24-14-17-9-10-25(15-17)18-6-4-7-19(12-18)29-2/h3-8,11-12,17,22H,9-10,13-15H2,1-2H3,(H2,23,24,26). The Kier molecular flexibility index (Phi) is 7.17. The molecular weight excluding hydrogens is 404 g/mol. The number of carbonyl (C=O) groups excluding carboxylic acids is 1. The van der Waals surface area contributed by atoms with Crippen LogP contribution in [0.15, 0.2) is 53.4 Å². The van der Waals surface area contributed by atoms with Crippen molar-refractivity contribution in [1.29, 1.82) is 0 Å². The molecule has 1 saturated heterocycles. The summed E-state index contributed by atoms with van der Waals surface area (Å²) in [6.07, 6.45) is 1.00. The van der Waals surface area contributed by atoms with E-state index in [2.05, 4.69) is 26.3 Å². The molecule has 1 heterocycles. The summed E-state index contributed by atoms with van der Waals surface area (Å²) >= 11 is 0. The summed E-state index contributed by atoms with van der Waals surface area (Å²) in [6.45, 7) is 2.64. The molecule has 0 aromatic heterocycles. The predicted molar refractivity (Wildman–Crippen MR) is 116 cm³/mol. The number of rotatable bonds is 8. The molecular formula is C21H28N4O4S. The molecule has 1 aliphatic heterocycles. The summed E-state index contributed by atoms with van der Waals surface area (Å²) in [5, 5.41) is 5.70. The minimum absolute atomic E-state index is 0.174. The number of hydrogen-bond donors (Lipinski definition) is 3. The molecule has 30 heavy (non-hydrogen) atoms.